The first kappa shape index (κ1) is 17.8. The molecule has 0 aliphatic carbocycles. The summed E-state index contributed by atoms with van der Waals surface area (Å²) in [6.45, 7) is 5.46. The van der Waals surface area contributed by atoms with Gasteiger partial charge in [-0.3, -0.25) is 14.4 Å². The summed E-state index contributed by atoms with van der Waals surface area (Å²) in [5, 5.41) is 5.72. The van der Waals surface area contributed by atoms with E-state index in [-0.39, 0.29) is 36.2 Å². The molecule has 3 rings (SSSR count). The molecular formula is C18H22N2O4S. The molecule has 1 aromatic rings. The van der Waals surface area contributed by atoms with Gasteiger partial charge in [0.1, 0.15) is 5.60 Å². The summed E-state index contributed by atoms with van der Waals surface area (Å²) < 4.78 is 5.32. The molecule has 6 nitrogen and oxygen atoms in total. The average molecular weight is 362 g/mol. The molecular weight excluding hydrogens is 340 g/mol. The molecule has 1 unspecified atom stereocenters. The lowest BCUT2D eigenvalue weighted by atomic mass is 9.94. The quantitative estimate of drug-likeness (QED) is 0.807. The summed E-state index contributed by atoms with van der Waals surface area (Å²) in [5.74, 6) is -0.348. The van der Waals surface area contributed by atoms with Crippen molar-refractivity contribution in [2.24, 2.45) is 0 Å². The van der Waals surface area contributed by atoms with Gasteiger partial charge in [-0.2, -0.15) is 0 Å². The topological polar surface area (TPSA) is 84.5 Å². The highest BCUT2D eigenvalue weighted by Gasteiger charge is 2.35. The number of hydrogen-bond acceptors (Lipinski definition) is 5. The van der Waals surface area contributed by atoms with Gasteiger partial charge in [0.05, 0.1) is 23.8 Å². The molecule has 1 aromatic carbocycles. The Bertz CT molecular complexity index is 726. The molecule has 7 heteroatoms. The molecule has 0 bridgehead atoms. The predicted octanol–water partition coefficient (Wildman–Crippen LogP) is 2.43. The number of nitrogens with one attached hydrogen (secondary N) is 2. The average Bonchev–Trinajstić information content (AvgIpc) is 2.84. The fraction of sp³-hybridized carbons (Fsp3) is 0.500. The standard InChI is InChI=1S/C18H22N2O4S/c1-18(2,3)24-16(22)8-11-7-12(17(23)19-11)10-4-5-14-13(6-10)20-15(21)9-25-14/h4-6,11-12H,7-9H2,1-3H3,(H,19,23)(H,20,21)/t11?,12-/m1/s1. The highest BCUT2D eigenvalue weighted by atomic mass is 32.2. The molecule has 0 aromatic heterocycles. The highest BCUT2D eigenvalue weighted by molar-refractivity contribution is 8.00. The van der Waals surface area contributed by atoms with Crippen LogP contribution in [0.25, 0.3) is 0 Å². The van der Waals surface area contributed by atoms with Gasteiger partial charge in [0, 0.05) is 10.9 Å². The minimum atomic E-state index is -0.534. The molecule has 1 fully saturated rings. The third-order valence-corrected chi connectivity index (χ3v) is 5.13. The number of anilines is 1. The second-order valence-corrected chi connectivity index (χ2v) is 8.39. The molecule has 2 aliphatic rings. The van der Waals surface area contributed by atoms with Crippen molar-refractivity contribution in [2.45, 2.75) is 56.1 Å². The van der Waals surface area contributed by atoms with Crippen molar-refractivity contribution in [3.63, 3.8) is 0 Å². The minimum absolute atomic E-state index is 0.0340. The monoisotopic (exact) mass is 362 g/mol. The van der Waals surface area contributed by atoms with E-state index in [1.807, 2.05) is 39.0 Å². The first-order valence-corrected chi connectivity index (χ1v) is 9.28. The highest BCUT2D eigenvalue weighted by Crippen LogP contribution is 2.36. The molecule has 0 spiro atoms. The summed E-state index contributed by atoms with van der Waals surface area (Å²) in [5.41, 5.74) is 1.07. The second kappa shape index (κ2) is 6.71. The molecule has 2 heterocycles. The van der Waals surface area contributed by atoms with Gasteiger partial charge < -0.3 is 15.4 Å². The van der Waals surface area contributed by atoms with E-state index in [1.54, 1.807) is 0 Å². The van der Waals surface area contributed by atoms with E-state index < -0.39 is 5.60 Å². The lowest BCUT2D eigenvalue weighted by molar-refractivity contribution is -0.155. The van der Waals surface area contributed by atoms with Crippen LogP contribution in [0, 0.1) is 0 Å². The van der Waals surface area contributed by atoms with Gasteiger partial charge in [-0.05, 0) is 44.9 Å². The number of benzene rings is 1. The van der Waals surface area contributed by atoms with Crippen LogP contribution in [-0.2, 0) is 19.1 Å². The van der Waals surface area contributed by atoms with Crippen molar-refractivity contribution in [3.05, 3.63) is 23.8 Å². The van der Waals surface area contributed by atoms with Crippen LogP contribution < -0.4 is 10.6 Å². The Morgan fingerprint density at radius 3 is 2.80 bits per heavy atom. The Hall–Kier alpha value is -2.02. The lowest BCUT2D eigenvalue weighted by Crippen LogP contribution is -2.31. The third kappa shape index (κ3) is 4.34. The predicted molar refractivity (Wildman–Crippen MR) is 95.5 cm³/mol. The van der Waals surface area contributed by atoms with Gasteiger partial charge in [-0.15, -0.1) is 11.8 Å². The summed E-state index contributed by atoms with van der Waals surface area (Å²) in [4.78, 5) is 36.9. The molecule has 25 heavy (non-hydrogen) atoms. The zero-order chi connectivity index (χ0) is 18.2. The Balaban J connectivity index is 1.68. The maximum Gasteiger partial charge on any atom is 0.308 e. The van der Waals surface area contributed by atoms with Crippen molar-refractivity contribution in [1.82, 2.24) is 5.32 Å². The maximum atomic E-state index is 12.3. The number of ether oxygens (including phenoxy) is 1. The SMILES string of the molecule is CC(C)(C)OC(=O)CC1C[C@H](c2ccc3c(c2)NC(=O)CS3)C(=O)N1. The molecule has 134 valence electrons. The van der Waals surface area contributed by atoms with Crippen LogP contribution in [0.3, 0.4) is 0 Å². The molecule has 1 saturated heterocycles. The van der Waals surface area contributed by atoms with E-state index in [9.17, 15) is 14.4 Å². The minimum Gasteiger partial charge on any atom is -0.460 e. The van der Waals surface area contributed by atoms with E-state index >= 15 is 0 Å². The number of rotatable bonds is 3. The molecule has 2 aliphatic heterocycles. The van der Waals surface area contributed by atoms with Gasteiger partial charge in [0.2, 0.25) is 11.8 Å². The van der Waals surface area contributed by atoms with E-state index in [2.05, 4.69) is 10.6 Å². The number of hydrogen-bond donors (Lipinski definition) is 2. The molecule has 0 radical (unpaired) electrons. The number of carbonyl (C=O) groups excluding carboxylic acids is 3. The van der Waals surface area contributed by atoms with Gasteiger partial charge >= 0.3 is 5.97 Å². The lowest BCUT2D eigenvalue weighted by Gasteiger charge is -2.20. The van der Waals surface area contributed by atoms with Gasteiger partial charge in [0.25, 0.3) is 0 Å². The zero-order valence-corrected chi connectivity index (χ0v) is 15.4. The van der Waals surface area contributed by atoms with Crippen LogP contribution in [0.5, 0.6) is 0 Å². The summed E-state index contributed by atoms with van der Waals surface area (Å²) in [6.07, 6.45) is 0.703. The summed E-state index contributed by atoms with van der Waals surface area (Å²) in [6, 6.07) is 5.49. The van der Waals surface area contributed by atoms with E-state index in [0.29, 0.717) is 12.2 Å². The molecule has 2 atom stereocenters. The van der Waals surface area contributed by atoms with Crippen LogP contribution >= 0.6 is 11.8 Å². The molecule has 2 amide bonds. The van der Waals surface area contributed by atoms with Crippen molar-refractivity contribution in [3.8, 4) is 0 Å². The maximum absolute atomic E-state index is 12.3. The van der Waals surface area contributed by atoms with Gasteiger partial charge in [-0.1, -0.05) is 6.07 Å². The van der Waals surface area contributed by atoms with E-state index in [0.717, 1.165) is 16.1 Å². The Labute approximate surface area is 151 Å². The van der Waals surface area contributed by atoms with Crippen molar-refractivity contribution in [1.29, 1.82) is 0 Å². The Kier molecular flexibility index (Phi) is 4.77. The molecule has 2 N–H and O–H groups in total. The van der Waals surface area contributed by atoms with Crippen LogP contribution in [0.2, 0.25) is 0 Å². The van der Waals surface area contributed by atoms with Crippen molar-refractivity contribution < 1.29 is 19.1 Å². The van der Waals surface area contributed by atoms with E-state index in [1.165, 1.54) is 11.8 Å². The largest absolute Gasteiger partial charge is 0.460 e. The van der Waals surface area contributed by atoms with E-state index in [4.69, 9.17) is 4.74 Å². The second-order valence-electron chi connectivity index (χ2n) is 7.38. The van der Waals surface area contributed by atoms with Crippen LogP contribution in [0.1, 0.15) is 45.1 Å². The van der Waals surface area contributed by atoms with Gasteiger partial charge in [0.15, 0.2) is 0 Å². The smallest absolute Gasteiger partial charge is 0.308 e. The third-order valence-electron chi connectivity index (χ3n) is 4.06. The number of esters is 1. The molecule has 0 saturated carbocycles. The normalized spacial score (nSPS) is 22.8. The van der Waals surface area contributed by atoms with Crippen LogP contribution in [-0.4, -0.2) is 35.2 Å². The van der Waals surface area contributed by atoms with Gasteiger partial charge in [-0.25, -0.2) is 0 Å². The Morgan fingerprint density at radius 1 is 1.32 bits per heavy atom. The number of thioether (sulfide) groups is 1. The first-order valence-electron chi connectivity index (χ1n) is 8.30. The summed E-state index contributed by atoms with van der Waals surface area (Å²) in [7, 11) is 0. The summed E-state index contributed by atoms with van der Waals surface area (Å²) >= 11 is 1.49. The first-order chi connectivity index (χ1) is 11.7. The number of carbonyl (C=O) groups is 3. The fourth-order valence-electron chi connectivity index (χ4n) is 3.08. The zero-order valence-electron chi connectivity index (χ0n) is 14.5. The number of amides is 2. The Morgan fingerprint density at radius 2 is 2.08 bits per heavy atom. The van der Waals surface area contributed by atoms with Crippen molar-refractivity contribution >= 4 is 35.2 Å². The van der Waals surface area contributed by atoms with Crippen molar-refractivity contribution in [2.75, 3.05) is 11.1 Å². The fourth-order valence-corrected chi connectivity index (χ4v) is 3.86. The van der Waals surface area contributed by atoms with Crippen LogP contribution in [0.4, 0.5) is 5.69 Å². The number of fused-ring (bicyclic) bond motifs is 1. The van der Waals surface area contributed by atoms with Crippen LogP contribution in [0.15, 0.2) is 23.1 Å².